The summed E-state index contributed by atoms with van der Waals surface area (Å²) in [5.41, 5.74) is 6.67. The van der Waals surface area contributed by atoms with Gasteiger partial charge in [0.2, 0.25) is 0 Å². The summed E-state index contributed by atoms with van der Waals surface area (Å²) in [6.45, 7) is 2.22. The first-order chi connectivity index (χ1) is 7.92. The number of unbranched alkanes of at least 4 members (excludes halogenated alkanes) is 2. The van der Waals surface area contributed by atoms with Crippen LogP contribution in [0.4, 0.5) is 0 Å². The fourth-order valence-corrected chi connectivity index (χ4v) is 1.94. The lowest BCUT2D eigenvalue weighted by Gasteiger charge is -2.07. The van der Waals surface area contributed by atoms with Gasteiger partial charge in [-0.1, -0.05) is 44.0 Å². The predicted octanol–water partition coefficient (Wildman–Crippen LogP) is 3.54. The summed E-state index contributed by atoms with van der Waals surface area (Å²) in [5, 5.41) is 4.42. The van der Waals surface area contributed by atoms with Crippen molar-refractivity contribution in [2.45, 2.75) is 32.6 Å². The van der Waals surface area contributed by atoms with Crippen molar-refractivity contribution in [1.29, 1.82) is 0 Å². The Hall–Kier alpha value is -1.57. The van der Waals surface area contributed by atoms with Gasteiger partial charge in [0, 0.05) is 11.8 Å². The minimum absolute atomic E-state index is 1.06. The lowest BCUT2D eigenvalue weighted by Crippen LogP contribution is -2.06. The summed E-state index contributed by atoms with van der Waals surface area (Å²) < 4.78 is 0. The molecule has 1 aliphatic heterocycles. The van der Waals surface area contributed by atoms with E-state index in [1.165, 1.54) is 36.1 Å². The Morgan fingerprint density at radius 1 is 1.19 bits per heavy atom. The number of fused-ring (bicyclic) bond motifs is 1. The minimum Gasteiger partial charge on any atom is -0.286 e. The first-order valence-corrected chi connectivity index (χ1v) is 6.00. The van der Waals surface area contributed by atoms with Crippen LogP contribution in [0.25, 0.3) is 6.08 Å². The minimum atomic E-state index is 1.06. The Labute approximate surface area is 97.1 Å². The van der Waals surface area contributed by atoms with Crippen LogP contribution in [0, 0.1) is 0 Å². The molecule has 0 saturated heterocycles. The van der Waals surface area contributed by atoms with Gasteiger partial charge in [-0.15, -0.1) is 0 Å². The van der Waals surface area contributed by atoms with Gasteiger partial charge in [0.25, 0.3) is 0 Å². The Kier molecular flexibility index (Phi) is 3.76. The average Bonchev–Trinajstić information content (AvgIpc) is 2.52. The van der Waals surface area contributed by atoms with Crippen molar-refractivity contribution >= 4 is 11.8 Å². The van der Waals surface area contributed by atoms with E-state index >= 15 is 0 Å². The Balaban J connectivity index is 2.18. The number of nitrogens with one attached hydrogen (secondary N) is 1. The molecule has 0 aromatic heterocycles. The summed E-state index contributed by atoms with van der Waals surface area (Å²) in [6, 6.07) is 8.43. The fraction of sp³-hybridized carbons (Fsp3) is 0.357. The highest BCUT2D eigenvalue weighted by atomic mass is 15.3. The van der Waals surface area contributed by atoms with Crippen LogP contribution in [0.3, 0.4) is 0 Å². The SMILES string of the molecule is CCCCCC1=NNC=Cc2ccccc21. The van der Waals surface area contributed by atoms with Crippen molar-refractivity contribution in [2.24, 2.45) is 5.10 Å². The highest BCUT2D eigenvalue weighted by Gasteiger charge is 2.08. The van der Waals surface area contributed by atoms with Crippen molar-refractivity contribution in [3.05, 3.63) is 41.6 Å². The van der Waals surface area contributed by atoms with Crippen molar-refractivity contribution in [1.82, 2.24) is 5.43 Å². The first kappa shape index (κ1) is 10.9. The molecule has 2 nitrogen and oxygen atoms in total. The van der Waals surface area contributed by atoms with Crippen LogP contribution in [0.5, 0.6) is 0 Å². The summed E-state index contributed by atoms with van der Waals surface area (Å²) in [4.78, 5) is 0. The van der Waals surface area contributed by atoms with Gasteiger partial charge >= 0.3 is 0 Å². The molecule has 1 aromatic rings. The molecule has 84 valence electrons. The van der Waals surface area contributed by atoms with Crippen LogP contribution in [0.2, 0.25) is 0 Å². The standard InChI is InChI=1S/C14H18N2/c1-2-3-4-9-14-13-8-6-5-7-12(13)10-11-15-16-14/h5-8,10-11,15H,2-4,9H2,1H3. The third-order valence-corrected chi connectivity index (χ3v) is 2.83. The molecular formula is C14H18N2. The third kappa shape index (κ3) is 2.51. The van der Waals surface area contributed by atoms with Gasteiger partial charge in [-0.05, 0) is 24.5 Å². The molecule has 0 bridgehead atoms. The van der Waals surface area contributed by atoms with E-state index < -0.39 is 0 Å². The molecule has 0 spiro atoms. The second-order valence-corrected chi connectivity index (χ2v) is 4.07. The molecule has 2 heteroatoms. The first-order valence-electron chi connectivity index (χ1n) is 6.00. The van der Waals surface area contributed by atoms with Crippen LogP contribution >= 0.6 is 0 Å². The molecular weight excluding hydrogens is 196 g/mol. The highest BCUT2D eigenvalue weighted by Crippen LogP contribution is 2.17. The van der Waals surface area contributed by atoms with Crippen LogP contribution in [-0.4, -0.2) is 5.71 Å². The molecule has 0 saturated carbocycles. The molecule has 16 heavy (non-hydrogen) atoms. The number of nitrogens with zero attached hydrogens (tertiary/aromatic N) is 1. The van der Waals surface area contributed by atoms with Crippen LogP contribution < -0.4 is 5.43 Å². The quantitative estimate of drug-likeness (QED) is 0.762. The molecule has 1 heterocycles. The summed E-state index contributed by atoms with van der Waals surface area (Å²) in [6.07, 6.45) is 8.76. The van der Waals surface area contributed by atoms with Gasteiger partial charge in [0.05, 0.1) is 5.71 Å². The van der Waals surface area contributed by atoms with Crippen LogP contribution in [-0.2, 0) is 0 Å². The van der Waals surface area contributed by atoms with Gasteiger partial charge in [-0.3, -0.25) is 5.43 Å². The third-order valence-electron chi connectivity index (χ3n) is 2.83. The van der Waals surface area contributed by atoms with E-state index in [1.807, 2.05) is 6.20 Å². The average molecular weight is 214 g/mol. The Bertz CT molecular complexity index is 405. The van der Waals surface area contributed by atoms with Crippen LogP contribution in [0.1, 0.15) is 43.7 Å². The molecule has 0 fully saturated rings. The maximum absolute atomic E-state index is 4.42. The molecule has 0 atom stereocenters. The highest BCUT2D eigenvalue weighted by molar-refractivity contribution is 6.03. The molecule has 1 aliphatic rings. The van der Waals surface area contributed by atoms with E-state index in [9.17, 15) is 0 Å². The zero-order valence-electron chi connectivity index (χ0n) is 9.74. The fourth-order valence-electron chi connectivity index (χ4n) is 1.94. The maximum atomic E-state index is 4.42. The topological polar surface area (TPSA) is 24.4 Å². The Morgan fingerprint density at radius 3 is 2.94 bits per heavy atom. The molecule has 2 rings (SSSR count). The number of rotatable bonds is 4. The molecule has 0 amide bonds. The number of hydrogen-bond donors (Lipinski definition) is 1. The molecule has 1 N–H and O–H groups in total. The summed E-state index contributed by atoms with van der Waals surface area (Å²) in [7, 11) is 0. The van der Waals surface area contributed by atoms with Crippen molar-refractivity contribution in [3.8, 4) is 0 Å². The van der Waals surface area contributed by atoms with E-state index in [-0.39, 0.29) is 0 Å². The van der Waals surface area contributed by atoms with Gasteiger partial charge in [-0.2, -0.15) is 5.10 Å². The van der Waals surface area contributed by atoms with E-state index in [0.717, 1.165) is 6.42 Å². The monoisotopic (exact) mass is 214 g/mol. The zero-order valence-corrected chi connectivity index (χ0v) is 9.74. The van der Waals surface area contributed by atoms with Crippen molar-refractivity contribution < 1.29 is 0 Å². The van der Waals surface area contributed by atoms with E-state index in [2.05, 4.69) is 47.8 Å². The lowest BCUT2D eigenvalue weighted by molar-refractivity contribution is 0.739. The second kappa shape index (κ2) is 5.50. The zero-order chi connectivity index (χ0) is 11.2. The summed E-state index contributed by atoms with van der Waals surface area (Å²) >= 11 is 0. The number of hydrazone groups is 1. The van der Waals surface area contributed by atoms with Gasteiger partial charge < -0.3 is 0 Å². The van der Waals surface area contributed by atoms with Gasteiger partial charge in [-0.25, -0.2) is 0 Å². The molecule has 0 unspecified atom stereocenters. The second-order valence-electron chi connectivity index (χ2n) is 4.07. The lowest BCUT2D eigenvalue weighted by atomic mass is 9.99. The molecule has 0 radical (unpaired) electrons. The maximum Gasteiger partial charge on any atom is 0.0685 e. The van der Waals surface area contributed by atoms with Crippen LogP contribution in [0.15, 0.2) is 35.6 Å². The van der Waals surface area contributed by atoms with Crippen molar-refractivity contribution in [2.75, 3.05) is 0 Å². The molecule has 0 aliphatic carbocycles. The predicted molar refractivity (Wildman–Crippen MR) is 69.3 cm³/mol. The number of hydrogen-bond acceptors (Lipinski definition) is 2. The Morgan fingerprint density at radius 2 is 2.06 bits per heavy atom. The molecule has 1 aromatic carbocycles. The normalized spacial score (nSPS) is 13.7. The van der Waals surface area contributed by atoms with Gasteiger partial charge in [0.15, 0.2) is 0 Å². The van der Waals surface area contributed by atoms with E-state index in [1.54, 1.807) is 0 Å². The van der Waals surface area contributed by atoms with Crippen molar-refractivity contribution in [3.63, 3.8) is 0 Å². The number of benzene rings is 1. The smallest absolute Gasteiger partial charge is 0.0685 e. The largest absolute Gasteiger partial charge is 0.286 e. The van der Waals surface area contributed by atoms with E-state index in [4.69, 9.17) is 0 Å². The summed E-state index contributed by atoms with van der Waals surface area (Å²) in [5.74, 6) is 0. The van der Waals surface area contributed by atoms with Gasteiger partial charge in [0.1, 0.15) is 0 Å². The van der Waals surface area contributed by atoms with E-state index in [0.29, 0.717) is 0 Å².